The lowest BCUT2D eigenvalue weighted by Crippen LogP contribution is -2.45. The van der Waals surface area contributed by atoms with Gasteiger partial charge in [-0.1, -0.05) is 30.3 Å². The molecule has 0 spiro atoms. The summed E-state index contributed by atoms with van der Waals surface area (Å²) in [5.74, 6) is 0.323. The number of rotatable bonds is 8. The van der Waals surface area contributed by atoms with Crippen LogP contribution in [0, 0.1) is 0 Å². The van der Waals surface area contributed by atoms with E-state index in [0.717, 1.165) is 17.7 Å². The van der Waals surface area contributed by atoms with Gasteiger partial charge in [0.1, 0.15) is 6.04 Å². The van der Waals surface area contributed by atoms with E-state index in [0.29, 0.717) is 12.8 Å². The summed E-state index contributed by atoms with van der Waals surface area (Å²) >= 11 is 1.70. The molecule has 0 saturated carbocycles. The second kappa shape index (κ2) is 8.58. The molecule has 4 nitrogen and oxygen atoms in total. The molecule has 0 aliphatic carbocycles. The van der Waals surface area contributed by atoms with E-state index in [1.165, 1.54) is 0 Å². The van der Waals surface area contributed by atoms with Crippen LogP contribution in [0.15, 0.2) is 30.3 Å². The summed E-state index contributed by atoms with van der Waals surface area (Å²) in [6, 6.07) is 8.89. The highest BCUT2D eigenvalue weighted by molar-refractivity contribution is 7.98. The molecule has 1 aromatic rings. The lowest BCUT2D eigenvalue weighted by molar-refractivity contribution is -0.127. The van der Waals surface area contributed by atoms with Gasteiger partial charge >= 0.3 is 0 Å². The largest absolute Gasteiger partial charge is 0.368 e. The van der Waals surface area contributed by atoms with Crippen molar-refractivity contribution >= 4 is 23.6 Å². The first-order chi connectivity index (χ1) is 9.13. The average molecular weight is 280 g/mol. The van der Waals surface area contributed by atoms with Gasteiger partial charge in [0.15, 0.2) is 0 Å². The molecule has 19 heavy (non-hydrogen) atoms. The molecule has 0 unspecified atom stereocenters. The van der Waals surface area contributed by atoms with Crippen LogP contribution in [-0.2, 0) is 16.0 Å². The standard InChI is InChI=1S/C14H20N2O2S/c1-19-9-5-8-13(17)16-12(14(15)18)10-11-6-3-2-4-7-11/h2-4,6-7,12H,5,8-10H2,1H3,(H2,15,18)(H,16,17)/t12-/m0/s1. The Balaban J connectivity index is 2.49. The summed E-state index contributed by atoms with van der Waals surface area (Å²) in [4.78, 5) is 23.1. The van der Waals surface area contributed by atoms with Gasteiger partial charge in [-0.25, -0.2) is 0 Å². The van der Waals surface area contributed by atoms with Gasteiger partial charge < -0.3 is 11.1 Å². The quantitative estimate of drug-likeness (QED) is 0.706. The van der Waals surface area contributed by atoms with Crippen molar-refractivity contribution in [3.63, 3.8) is 0 Å². The molecule has 1 aromatic carbocycles. The Hall–Kier alpha value is -1.49. The van der Waals surface area contributed by atoms with Gasteiger partial charge in [-0.2, -0.15) is 11.8 Å². The highest BCUT2D eigenvalue weighted by Crippen LogP contribution is 2.04. The van der Waals surface area contributed by atoms with Crippen molar-refractivity contribution in [2.24, 2.45) is 5.73 Å². The maximum absolute atomic E-state index is 11.7. The molecule has 0 aliphatic heterocycles. The Kier molecular flexibility index (Phi) is 7.03. The number of thioether (sulfide) groups is 1. The van der Waals surface area contributed by atoms with Crippen LogP contribution in [0.3, 0.4) is 0 Å². The molecule has 2 amide bonds. The van der Waals surface area contributed by atoms with Crippen molar-refractivity contribution in [1.82, 2.24) is 5.32 Å². The zero-order chi connectivity index (χ0) is 14.1. The lowest BCUT2D eigenvalue weighted by Gasteiger charge is -2.15. The van der Waals surface area contributed by atoms with Gasteiger partial charge in [-0.05, 0) is 24.0 Å². The van der Waals surface area contributed by atoms with Crippen molar-refractivity contribution in [2.75, 3.05) is 12.0 Å². The smallest absolute Gasteiger partial charge is 0.240 e. The van der Waals surface area contributed by atoms with Crippen molar-refractivity contribution in [3.8, 4) is 0 Å². The SMILES string of the molecule is CSCCCC(=O)N[C@@H](Cc1ccccc1)C(N)=O. The Bertz CT molecular complexity index is 409. The van der Waals surface area contributed by atoms with E-state index in [1.807, 2.05) is 36.6 Å². The van der Waals surface area contributed by atoms with E-state index in [9.17, 15) is 9.59 Å². The Morgan fingerprint density at radius 3 is 2.58 bits per heavy atom. The van der Waals surface area contributed by atoms with Crippen LogP contribution in [0.4, 0.5) is 0 Å². The minimum Gasteiger partial charge on any atom is -0.368 e. The van der Waals surface area contributed by atoms with Gasteiger partial charge in [0.2, 0.25) is 11.8 Å². The first kappa shape index (κ1) is 15.6. The summed E-state index contributed by atoms with van der Waals surface area (Å²) < 4.78 is 0. The number of carbonyl (C=O) groups excluding carboxylic acids is 2. The third kappa shape index (κ3) is 6.29. The van der Waals surface area contributed by atoms with E-state index in [2.05, 4.69) is 5.32 Å². The Morgan fingerprint density at radius 2 is 2.00 bits per heavy atom. The topological polar surface area (TPSA) is 72.2 Å². The van der Waals surface area contributed by atoms with Gasteiger partial charge in [0, 0.05) is 12.8 Å². The van der Waals surface area contributed by atoms with E-state index in [1.54, 1.807) is 11.8 Å². The molecule has 0 bridgehead atoms. The fourth-order valence-corrected chi connectivity index (χ4v) is 2.15. The first-order valence-electron chi connectivity index (χ1n) is 6.25. The highest BCUT2D eigenvalue weighted by Gasteiger charge is 2.18. The fraction of sp³-hybridized carbons (Fsp3) is 0.429. The lowest BCUT2D eigenvalue weighted by atomic mass is 10.1. The van der Waals surface area contributed by atoms with Crippen molar-refractivity contribution in [2.45, 2.75) is 25.3 Å². The minimum atomic E-state index is -0.635. The summed E-state index contributed by atoms with van der Waals surface area (Å²) in [7, 11) is 0. The fourth-order valence-electron chi connectivity index (χ4n) is 1.72. The van der Waals surface area contributed by atoms with E-state index in [-0.39, 0.29) is 5.91 Å². The van der Waals surface area contributed by atoms with Crippen LogP contribution >= 0.6 is 11.8 Å². The number of nitrogens with two attached hydrogens (primary N) is 1. The molecule has 0 aromatic heterocycles. The Labute approximate surface area is 118 Å². The van der Waals surface area contributed by atoms with E-state index in [4.69, 9.17) is 5.73 Å². The van der Waals surface area contributed by atoms with Gasteiger partial charge in [-0.3, -0.25) is 9.59 Å². The first-order valence-corrected chi connectivity index (χ1v) is 7.64. The maximum atomic E-state index is 11.7. The molecule has 0 aliphatic rings. The number of hydrogen-bond acceptors (Lipinski definition) is 3. The third-order valence-electron chi connectivity index (χ3n) is 2.71. The number of benzene rings is 1. The van der Waals surface area contributed by atoms with Crippen LogP contribution in [0.2, 0.25) is 0 Å². The van der Waals surface area contributed by atoms with Crippen LogP contribution < -0.4 is 11.1 Å². The van der Waals surface area contributed by atoms with Crippen molar-refractivity contribution in [3.05, 3.63) is 35.9 Å². The predicted octanol–water partition coefficient (Wildman–Crippen LogP) is 1.34. The van der Waals surface area contributed by atoms with Crippen LogP contribution in [-0.4, -0.2) is 29.9 Å². The zero-order valence-electron chi connectivity index (χ0n) is 11.1. The molecular formula is C14H20N2O2S. The number of carbonyl (C=O) groups is 2. The highest BCUT2D eigenvalue weighted by atomic mass is 32.2. The molecule has 0 fully saturated rings. The van der Waals surface area contributed by atoms with Crippen molar-refractivity contribution in [1.29, 1.82) is 0 Å². The number of amides is 2. The zero-order valence-corrected chi connectivity index (χ0v) is 11.9. The molecular weight excluding hydrogens is 260 g/mol. The normalized spacial score (nSPS) is 11.8. The minimum absolute atomic E-state index is 0.117. The predicted molar refractivity (Wildman–Crippen MR) is 78.9 cm³/mol. The second-order valence-electron chi connectivity index (χ2n) is 4.31. The molecule has 3 N–H and O–H groups in total. The average Bonchev–Trinajstić information content (AvgIpc) is 2.39. The third-order valence-corrected chi connectivity index (χ3v) is 3.41. The number of primary amides is 1. The summed E-state index contributed by atoms with van der Waals surface area (Å²) in [5, 5.41) is 2.70. The molecule has 1 atom stereocenters. The molecule has 0 saturated heterocycles. The number of nitrogens with one attached hydrogen (secondary N) is 1. The van der Waals surface area contributed by atoms with Crippen LogP contribution in [0.1, 0.15) is 18.4 Å². The second-order valence-corrected chi connectivity index (χ2v) is 5.29. The molecule has 0 heterocycles. The maximum Gasteiger partial charge on any atom is 0.240 e. The summed E-state index contributed by atoms with van der Waals surface area (Å²) in [6.45, 7) is 0. The van der Waals surface area contributed by atoms with Gasteiger partial charge in [0.25, 0.3) is 0 Å². The molecule has 0 radical (unpaired) electrons. The van der Waals surface area contributed by atoms with E-state index >= 15 is 0 Å². The van der Waals surface area contributed by atoms with Gasteiger partial charge in [0.05, 0.1) is 0 Å². The van der Waals surface area contributed by atoms with Gasteiger partial charge in [-0.15, -0.1) is 0 Å². The van der Waals surface area contributed by atoms with Crippen LogP contribution in [0.5, 0.6) is 0 Å². The molecule has 104 valence electrons. The monoisotopic (exact) mass is 280 g/mol. The Morgan fingerprint density at radius 1 is 1.32 bits per heavy atom. The number of hydrogen-bond donors (Lipinski definition) is 2. The summed E-state index contributed by atoms with van der Waals surface area (Å²) in [6.07, 6.45) is 3.67. The molecule has 5 heteroatoms. The summed E-state index contributed by atoms with van der Waals surface area (Å²) in [5.41, 5.74) is 6.31. The van der Waals surface area contributed by atoms with Crippen molar-refractivity contribution < 1.29 is 9.59 Å². The molecule has 1 rings (SSSR count). The van der Waals surface area contributed by atoms with E-state index < -0.39 is 11.9 Å². The van der Waals surface area contributed by atoms with Crippen LogP contribution in [0.25, 0.3) is 0 Å².